The second kappa shape index (κ2) is 10.2. The number of anilines is 2. The zero-order valence-corrected chi connectivity index (χ0v) is 15.7. The molecular formula is C19H22Cl2N2O2. The fourth-order valence-electron chi connectivity index (χ4n) is 2.25. The molecule has 0 heterocycles. The average molecular weight is 381 g/mol. The predicted molar refractivity (Wildman–Crippen MR) is 105 cm³/mol. The topological polar surface area (TPSA) is 50.4 Å². The second-order valence-electron chi connectivity index (χ2n) is 5.64. The van der Waals surface area contributed by atoms with E-state index in [-0.39, 0.29) is 6.03 Å². The van der Waals surface area contributed by atoms with Crippen LogP contribution in [0.2, 0.25) is 10.0 Å². The Morgan fingerprint density at radius 2 is 1.72 bits per heavy atom. The van der Waals surface area contributed by atoms with Gasteiger partial charge in [0.25, 0.3) is 0 Å². The first-order valence-corrected chi connectivity index (χ1v) is 9.10. The predicted octanol–water partition coefficient (Wildman–Crippen LogP) is 6.60. The molecule has 0 aliphatic carbocycles. The molecule has 0 unspecified atom stereocenters. The van der Waals surface area contributed by atoms with Gasteiger partial charge >= 0.3 is 6.03 Å². The Balaban J connectivity index is 1.85. The van der Waals surface area contributed by atoms with Crippen LogP contribution in [-0.4, -0.2) is 12.6 Å². The van der Waals surface area contributed by atoms with Crippen molar-refractivity contribution >= 4 is 40.6 Å². The van der Waals surface area contributed by atoms with Gasteiger partial charge in [0.2, 0.25) is 0 Å². The molecule has 0 spiro atoms. The van der Waals surface area contributed by atoms with Gasteiger partial charge in [0, 0.05) is 17.4 Å². The van der Waals surface area contributed by atoms with Gasteiger partial charge < -0.3 is 15.4 Å². The summed E-state index contributed by atoms with van der Waals surface area (Å²) in [5.74, 6) is 0.740. The summed E-state index contributed by atoms with van der Waals surface area (Å²) in [5, 5.41) is 6.31. The van der Waals surface area contributed by atoms with Crippen LogP contribution >= 0.6 is 23.2 Å². The number of unbranched alkanes of at least 4 members (excludes halogenated alkanes) is 3. The molecule has 0 aliphatic heterocycles. The van der Waals surface area contributed by atoms with E-state index in [1.54, 1.807) is 30.3 Å². The first kappa shape index (κ1) is 19.4. The van der Waals surface area contributed by atoms with Crippen LogP contribution in [0.1, 0.15) is 32.6 Å². The number of carbonyl (C=O) groups excluding carboxylic acids is 1. The molecule has 0 atom stereocenters. The third kappa shape index (κ3) is 6.85. The Labute approximate surface area is 158 Å². The number of halogens is 2. The van der Waals surface area contributed by atoms with Crippen LogP contribution in [0.4, 0.5) is 16.2 Å². The molecule has 0 aliphatic rings. The van der Waals surface area contributed by atoms with Crippen molar-refractivity contribution in [2.24, 2.45) is 0 Å². The molecule has 25 heavy (non-hydrogen) atoms. The van der Waals surface area contributed by atoms with Crippen molar-refractivity contribution < 1.29 is 9.53 Å². The summed E-state index contributed by atoms with van der Waals surface area (Å²) in [7, 11) is 0. The number of hydrogen-bond acceptors (Lipinski definition) is 2. The summed E-state index contributed by atoms with van der Waals surface area (Å²) >= 11 is 11.8. The maximum atomic E-state index is 12.1. The maximum absolute atomic E-state index is 12.1. The maximum Gasteiger partial charge on any atom is 0.323 e. The van der Waals surface area contributed by atoms with E-state index in [0.29, 0.717) is 28.0 Å². The number of amides is 2. The average Bonchev–Trinajstić information content (AvgIpc) is 2.58. The van der Waals surface area contributed by atoms with E-state index in [1.165, 1.54) is 19.3 Å². The van der Waals surface area contributed by atoms with E-state index < -0.39 is 0 Å². The van der Waals surface area contributed by atoms with Crippen molar-refractivity contribution in [2.75, 3.05) is 17.2 Å². The molecule has 0 saturated carbocycles. The number of rotatable bonds is 8. The third-order valence-corrected chi connectivity index (χ3v) is 4.28. The highest BCUT2D eigenvalue weighted by atomic mass is 35.5. The van der Waals surface area contributed by atoms with Crippen LogP contribution in [0, 0.1) is 0 Å². The smallest absolute Gasteiger partial charge is 0.323 e. The number of nitrogens with one attached hydrogen (secondary N) is 2. The van der Waals surface area contributed by atoms with Gasteiger partial charge in [-0.05, 0) is 36.8 Å². The van der Waals surface area contributed by atoms with Crippen LogP contribution in [0.15, 0.2) is 42.5 Å². The van der Waals surface area contributed by atoms with Crippen LogP contribution in [0.25, 0.3) is 0 Å². The van der Waals surface area contributed by atoms with Gasteiger partial charge in [-0.3, -0.25) is 0 Å². The van der Waals surface area contributed by atoms with Crippen LogP contribution in [0.5, 0.6) is 5.75 Å². The highest BCUT2D eigenvalue weighted by molar-refractivity contribution is 6.42. The molecule has 0 fully saturated rings. The monoisotopic (exact) mass is 380 g/mol. The summed E-state index contributed by atoms with van der Waals surface area (Å²) in [5.41, 5.74) is 1.22. The molecule has 0 saturated heterocycles. The van der Waals surface area contributed by atoms with Gasteiger partial charge in [-0.1, -0.05) is 55.5 Å². The lowest BCUT2D eigenvalue weighted by Gasteiger charge is -2.10. The molecule has 2 aromatic rings. The van der Waals surface area contributed by atoms with Crippen molar-refractivity contribution in [2.45, 2.75) is 32.6 Å². The standard InChI is InChI=1S/C19H22Cl2N2O2/c1-2-3-4-5-11-25-16-8-6-7-14(12-16)22-19(24)23-15-9-10-17(20)18(21)13-15/h6-10,12-13H,2-5,11H2,1H3,(H2,22,23,24). The lowest BCUT2D eigenvalue weighted by atomic mass is 10.2. The number of carbonyl (C=O) groups is 1. The van der Waals surface area contributed by atoms with E-state index in [1.807, 2.05) is 12.1 Å². The minimum absolute atomic E-state index is 0.363. The Hall–Kier alpha value is -1.91. The quantitative estimate of drug-likeness (QED) is 0.507. The largest absolute Gasteiger partial charge is 0.494 e. The number of urea groups is 1. The lowest BCUT2D eigenvalue weighted by Crippen LogP contribution is -2.19. The Morgan fingerprint density at radius 3 is 2.44 bits per heavy atom. The molecule has 0 radical (unpaired) electrons. The molecule has 2 N–H and O–H groups in total. The highest BCUT2D eigenvalue weighted by Gasteiger charge is 2.06. The fraction of sp³-hybridized carbons (Fsp3) is 0.316. The first-order valence-electron chi connectivity index (χ1n) is 8.34. The molecule has 134 valence electrons. The Kier molecular flexibility index (Phi) is 7.89. The van der Waals surface area contributed by atoms with Gasteiger partial charge in [-0.2, -0.15) is 0 Å². The van der Waals surface area contributed by atoms with Crippen molar-refractivity contribution in [3.8, 4) is 5.75 Å². The molecule has 4 nitrogen and oxygen atoms in total. The van der Waals surface area contributed by atoms with Crippen LogP contribution in [-0.2, 0) is 0 Å². The van der Waals surface area contributed by atoms with E-state index in [9.17, 15) is 4.79 Å². The zero-order valence-electron chi connectivity index (χ0n) is 14.1. The molecule has 2 rings (SSSR count). The number of benzene rings is 2. The van der Waals surface area contributed by atoms with Gasteiger partial charge in [-0.15, -0.1) is 0 Å². The molecular weight excluding hydrogens is 359 g/mol. The molecule has 0 bridgehead atoms. The van der Waals surface area contributed by atoms with Crippen molar-refractivity contribution in [3.63, 3.8) is 0 Å². The van der Waals surface area contributed by atoms with E-state index in [2.05, 4.69) is 17.6 Å². The van der Waals surface area contributed by atoms with Gasteiger partial charge in [0.1, 0.15) is 5.75 Å². The van der Waals surface area contributed by atoms with E-state index >= 15 is 0 Å². The SMILES string of the molecule is CCCCCCOc1cccc(NC(=O)Nc2ccc(Cl)c(Cl)c2)c1. The molecule has 2 aromatic carbocycles. The van der Waals surface area contributed by atoms with E-state index in [4.69, 9.17) is 27.9 Å². The number of ether oxygens (including phenoxy) is 1. The summed E-state index contributed by atoms with van der Waals surface area (Å²) in [4.78, 5) is 12.1. The molecule has 2 amide bonds. The summed E-state index contributed by atoms with van der Waals surface area (Å²) in [6.07, 6.45) is 4.62. The fourth-order valence-corrected chi connectivity index (χ4v) is 2.55. The molecule has 6 heteroatoms. The minimum Gasteiger partial charge on any atom is -0.494 e. The summed E-state index contributed by atoms with van der Waals surface area (Å²) < 4.78 is 5.72. The lowest BCUT2D eigenvalue weighted by molar-refractivity contribution is 0.262. The van der Waals surface area contributed by atoms with Gasteiger partial charge in [0.15, 0.2) is 0 Å². The van der Waals surface area contributed by atoms with Crippen molar-refractivity contribution in [1.29, 1.82) is 0 Å². The molecule has 0 aromatic heterocycles. The zero-order chi connectivity index (χ0) is 18.1. The summed E-state index contributed by atoms with van der Waals surface area (Å²) in [6, 6.07) is 11.9. The Morgan fingerprint density at radius 1 is 0.960 bits per heavy atom. The second-order valence-corrected chi connectivity index (χ2v) is 6.46. The van der Waals surface area contributed by atoms with Crippen LogP contribution < -0.4 is 15.4 Å². The minimum atomic E-state index is -0.363. The van der Waals surface area contributed by atoms with Gasteiger partial charge in [0.05, 0.1) is 16.7 Å². The third-order valence-electron chi connectivity index (χ3n) is 3.54. The van der Waals surface area contributed by atoms with Crippen LogP contribution in [0.3, 0.4) is 0 Å². The highest BCUT2D eigenvalue weighted by Crippen LogP contribution is 2.25. The first-order chi connectivity index (χ1) is 12.1. The Bertz CT molecular complexity index is 708. The van der Waals surface area contributed by atoms with Gasteiger partial charge in [-0.25, -0.2) is 4.79 Å². The van der Waals surface area contributed by atoms with Crippen molar-refractivity contribution in [1.82, 2.24) is 0 Å². The summed E-state index contributed by atoms with van der Waals surface area (Å²) in [6.45, 7) is 2.86. The van der Waals surface area contributed by atoms with Crippen molar-refractivity contribution in [3.05, 3.63) is 52.5 Å². The van der Waals surface area contributed by atoms with E-state index in [0.717, 1.165) is 12.2 Å². The normalized spacial score (nSPS) is 10.4. The number of hydrogen-bond donors (Lipinski definition) is 2.